The Morgan fingerprint density at radius 2 is 0.975 bits per heavy atom. The van der Waals surface area contributed by atoms with Gasteiger partial charge in [-0.1, -0.05) is 65.8 Å². The van der Waals surface area contributed by atoms with Crippen molar-refractivity contribution in [1.82, 2.24) is 9.80 Å². The fourth-order valence-electron chi connectivity index (χ4n) is 8.45. The zero-order valence-electron chi connectivity index (χ0n) is 43.2. The lowest BCUT2D eigenvalue weighted by molar-refractivity contribution is -0.145. The van der Waals surface area contributed by atoms with Crippen LogP contribution in [0.5, 0.6) is 0 Å². The standard InChI is InChI=1S/C26H26F6N4O4.C26H26F6N2O4.FH.H2/c1-15(16-10-18(25(27,28)29)12-19(11-16)26(30,31)32)39-14-24(17-8-6-5-7-9-17)13-20(34-35-33)21(37)36(24)22(38)40-23(2,3)4;1-15(16-10-18(25(27,28)29)12-19(11-16)26(30,31)32)37-14-24(17-8-6-5-7-9-17)13-20(33)21(35)34(24)22(36)38-23(2,3)4;;/h5-12,15,20H,13-14H2,1-4H3;5-12,15,33H,13-14H2,1-4H3;2*1H/t15-,20?,24-;15-,24-;;/m11../s1/i;;;1+2. The number of carbonyl (C=O) groups is 4. The molecule has 2 aliphatic heterocycles. The van der Waals surface area contributed by atoms with E-state index in [1.807, 2.05) is 0 Å². The molecular weight excluding hydrogens is 1080 g/mol. The third kappa shape index (κ3) is 15.3. The number of halogens is 13. The molecule has 0 aromatic heterocycles. The number of alkyl halides is 12. The third-order valence-corrected chi connectivity index (χ3v) is 12.1. The van der Waals surface area contributed by atoms with Crippen molar-refractivity contribution in [3.8, 4) is 0 Å². The van der Waals surface area contributed by atoms with E-state index in [4.69, 9.17) is 29.9 Å². The van der Waals surface area contributed by atoms with Crippen LogP contribution in [0.3, 0.4) is 0 Å². The summed E-state index contributed by atoms with van der Waals surface area (Å²) >= 11 is 0. The van der Waals surface area contributed by atoms with Gasteiger partial charge in [-0.15, -0.1) is 0 Å². The summed E-state index contributed by atoms with van der Waals surface area (Å²) in [6.07, 6.45) is -25.6. The summed E-state index contributed by atoms with van der Waals surface area (Å²) < 4.78 is 183. The molecule has 27 heteroatoms. The SMILES string of the molecule is C[C@@H](OC[C@@]1(c2ccccc2)CC(=N)C(=O)N1C(=O)OC(C)(C)C)c1cc(C(F)(F)F)cc(C(F)(F)F)c1.C[C@@H](OC[C@@]1(c2ccccc2)CC(N=[N+]=[N-])C(=O)N1C(=O)OC(C)(C)C)c1cc(C(F)(F)F)cc(C(F)(F)F)c1.F.[3HH]. The van der Waals surface area contributed by atoms with Gasteiger partial charge >= 0.3 is 36.9 Å². The summed E-state index contributed by atoms with van der Waals surface area (Å²) in [7, 11) is 0. The highest BCUT2D eigenvalue weighted by Gasteiger charge is 2.57. The van der Waals surface area contributed by atoms with Crippen LogP contribution in [0.1, 0.15) is 126 Å². The summed E-state index contributed by atoms with van der Waals surface area (Å²) in [5.74, 6) is -1.84. The molecule has 14 nitrogen and oxygen atoms in total. The topological polar surface area (TPSA) is 184 Å². The normalized spacial score (nSPS) is 19.9. The Bertz CT molecular complexity index is 2860. The van der Waals surface area contributed by atoms with Crippen LogP contribution in [0.15, 0.2) is 102 Å². The largest absolute Gasteiger partial charge is 0.443 e. The Labute approximate surface area is 444 Å². The maximum absolute atomic E-state index is 13.4. The molecule has 0 bridgehead atoms. The fraction of sp³-hybridized carbons (Fsp3) is 0.442. The van der Waals surface area contributed by atoms with E-state index in [-0.39, 0.29) is 31.1 Å². The second kappa shape index (κ2) is 23.6. The Hall–Kier alpha value is -7.25. The van der Waals surface area contributed by atoms with Crippen molar-refractivity contribution in [1.29, 1.82) is 5.41 Å². The second-order valence-corrected chi connectivity index (χ2v) is 20.2. The van der Waals surface area contributed by atoms with Crippen LogP contribution < -0.4 is 0 Å². The molecule has 0 radical (unpaired) electrons. The molecule has 2 heterocycles. The van der Waals surface area contributed by atoms with Gasteiger partial charge in [0.25, 0.3) is 5.91 Å². The average Bonchev–Trinajstić information content (AvgIpc) is 3.76. The van der Waals surface area contributed by atoms with E-state index < -0.39 is 142 Å². The number of nitrogens with one attached hydrogen (secondary N) is 1. The van der Waals surface area contributed by atoms with Crippen molar-refractivity contribution >= 4 is 29.7 Å². The van der Waals surface area contributed by atoms with Crippen molar-refractivity contribution < 1.29 is 96.9 Å². The fourth-order valence-corrected chi connectivity index (χ4v) is 8.45. The quantitative estimate of drug-likeness (QED) is 0.0665. The minimum absolute atomic E-state index is 0. The molecule has 0 spiro atoms. The molecular formula is C52H55F13N6O8. The predicted octanol–water partition coefficient (Wildman–Crippen LogP) is 14.8. The molecule has 4 aromatic carbocycles. The predicted molar refractivity (Wildman–Crippen MR) is 259 cm³/mol. The van der Waals surface area contributed by atoms with E-state index in [1.54, 1.807) is 102 Å². The first-order valence-electron chi connectivity index (χ1n) is 23.4. The number of nitrogens with zero attached hydrogens (tertiary/aromatic N) is 5. The first-order valence-corrected chi connectivity index (χ1v) is 23.4. The number of carbonyl (C=O) groups excluding carboxylic acids is 4. The van der Waals surface area contributed by atoms with E-state index in [0.29, 0.717) is 35.4 Å². The molecule has 1 unspecified atom stereocenters. The monoisotopic (exact) mass is 1140 g/mol. The summed E-state index contributed by atoms with van der Waals surface area (Å²) in [6.45, 7) is 10.8. The molecule has 5 atom stereocenters. The lowest BCUT2D eigenvalue weighted by atomic mass is 9.87. The van der Waals surface area contributed by atoms with Gasteiger partial charge in [0.2, 0.25) is 5.91 Å². The van der Waals surface area contributed by atoms with Gasteiger partial charge in [-0.25, -0.2) is 19.4 Å². The van der Waals surface area contributed by atoms with E-state index >= 15 is 0 Å². The Morgan fingerprint density at radius 3 is 1.32 bits per heavy atom. The van der Waals surface area contributed by atoms with Gasteiger partial charge in [0.1, 0.15) is 28.3 Å². The Morgan fingerprint density at radius 1 is 0.633 bits per heavy atom. The van der Waals surface area contributed by atoms with Gasteiger partial charge in [0.15, 0.2) is 0 Å². The van der Waals surface area contributed by atoms with Gasteiger partial charge in [0, 0.05) is 12.8 Å². The van der Waals surface area contributed by atoms with Crippen molar-refractivity contribution in [2.75, 3.05) is 13.2 Å². The minimum atomic E-state index is -5.06. The number of benzene rings is 4. The lowest BCUT2D eigenvalue weighted by Crippen LogP contribution is -2.51. The molecule has 2 saturated heterocycles. The van der Waals surface area contributed by atoms with Crippen molar-refractivity contribution in [2.45, 2.75) is 133 Å². The Balaban J connectivity index is 0.000000410. The second-order valence-electron chi connectivity index (χ2n) is 20.2. The third-order valence-electron chi connectivity index (χ3n) is 12.1. The van der Waals surface area contributed by atoms with Crippen molar-refractivity contribution in [3.05, 3.63) is 152 Å². The van der Waals surface area contributed by atoms with E-state index in [0.717, 1.165) is 9.80 Å². The maximum Gasteiger partial charge on any atom is 0.418 e. The summed E-state index contributed by atoms with van der Waals surface area (Å²) in [4.78, 5) is 56.8. The van der Waals surface area contributed by atoms with Gasteiger partial charge in [-0.2, -0.15) is 52.7 Å². The van der Waals surface area contributed by atoms with Gasteiger partial charge in [0.05, 0.1) is 53.4 Å². The first-order chi connectivity index (χ1) is 35.7. The highest BCUT2D eigenvalue weighted by atomic mass is 19.4. The number of azide groups is 1. The van der Waals surface area contributed by atoms with Crippen LogP contribution >= 0.6 is 0 Å². The summed E-state index contributed by atoms with van der Waals surface area (Å²) in [5.41, 5.74) is -2.91. The molecule has 0 aliphatic carbocycles. The number of imide groups is 2. The zero-order valence-corrected chi connectivity index (χ0v) is 43.2. The van der Waals surface area contributed by atoms with Crippen LogP contribution in [0.2, 0.25) is 0 Å². The molecule has 2 aliphatic rings. The van der Waals surface area contributed by atoms with Crippen LogP contribution in [-0.4, -0.2) is 70.0 Å². The number of rotatable bonds is 11. The first kappa shape index (κ1) is 64.3. The number of amides is 4. The van der Waals surface area contributed by atoms with Crippen LogP contribution in [0.4, 0.5) is 67.0 Å². The molecule has 6 rings (SSSR count). The minimum Gasteiger partial charge on any atom is -0.443 e. The van der Waals surface area contributed by atoms with Gasteiger partial charge in [-0.3, -0.25) is 19.7 Å². The smallest absolute Gasteiger partial charge is 0.418 e. The molecule has 2 fully saturated rings. The van der Waals surface area contributed by atoms with Crippen LogP contribution in [0, 0.1) is 5.41 Å². The highest BCUT2D eigenvalue weighted by molar-refractivity contribution is 6.42. The van der Waals surface area contributed by atoms with Gasteiger partial charge < -0.3 is 18.9 Å². The summed E-state index contributed by atoms with van der Waals surface area (Å²) in [6, 6.07) is 16.9. The van der Waals surface area contributed by atoms with E-state index in [9.17, 15) is 71.9 Å². The zero-order chi connectivity index (χ0) is 58.8. The number of likely N-dealkylation sites (tertiary alicyclic amines) is 2. The molecule has 79 heavy (non-hydrogen) atoms. The number of ether oxygens (including phenoxy) is 4. The Kier molecular flexibility index (Phi) is 19.2. The lowest BCUT2D eigenvalue weighted by Gasteiger charge is -2.38. The van der Waals surface area contributed by atoms with Gasteiger partial charge in [-0.05, 0) is 126 Å². The van der Waals surface area contributed by atoms with Crippen LogP contribution in [-0.2, 0) is 64.3 Å². The molecule has 1 N–H and O–H groups in total. The average molecular weight is 1140 g/mol. The van der Waals surface area contributed by atoms with Crippen LogP contribution in [0.25, 0.3) is 10.4 Å². The molecule has 0 saturated carbocycles. The maximum atomic E-state index is 13.4. The number of hydrogen-bond acceptors (Lipinski definition) is 10. The van der Waals surface area contributed by atoms with Crippen molar-refractivity contribution in [2.24, 2.45) is 5.11 Å². The number of hydrogen-bond donors (Lipinski definition) is 1. The van der Waals surface area contributed by atoms with E-state index in [2.05, 4.69) is 10.0 Å². The summed E-state index contributed by atoms with van der Waals surface area (Å²) in [5, 5.41) is 11.6. The molecule has 4 amide bonds. The highest BCUT2D eigenvalue weighted by Crippen LogP contribution is 2.46. The van der Waals surface area contributed by atoms with Crippen molar-refractivity contribution in [3.63, 3.8) is 0 Å². The molecule has 4 aromatic rings. The molecule has 432 valence electrons. The van der Waals surface area contributed by atoms with E-state index in [1.165, 1.54) is 13.8 Å².